The fourth-order valence-corrected chi connectivity index (χ4v) is 2.77. The lowest BCUT2D eigenvalue weighted by molar-refractivity contribution is 0.108. The average molecular weight is 311 g/mol. The summed E-state index contributed by atoms with van der Waals surface area (Å²) in [6.07, 6.45) is 0. The molecule has 0 N–H and O–H groups in total. The molecule has 0 saturated carbocycles. The van der Waals surface area contributed by atoms with Crippen molar-refractivity contribution in [1.29, 1.82) is 0 Å². The SMILES string of the molecule is O=C(Sc1cc(F)cc(Br)c1)c1ccccc1. The molecule has 86 valence electrons. The molecule has 0 aliphatic heterocycles. The Kier molecular flexibility index (Phi) is 3.97. The molecule has 0 amide bonds. The van der Waals surface area contributed by atoms with Crippen molar-refractivity contribution in [2.24, 2.45) is 0 Å². The van der Waals surface area contributed by atoms with E-state index in [1.165, 1.54) is 12.1 Å². The summed E-state index contributed by atoms with van der Waals surface area (Å²) < 4.78 is 13.8. The molecular formula is C13H8BrFOS. The fourth-order valence-electron chi connectivity index (χ4n) is 1.33. The summed E-state index contributed by atoms with van der Waals surface area (Å²) in [6.45, 7) is 0. The minimum absolute atomic E-state index is 0.0944. The van der Waals surface area contributed by atoms with Crippen LogP contribution in [0.25, 0.3) is 0 Å². The van der Waals surface area contributed by atoms with Crippen molar-refractivity contribution in [2.45, 2.75) is 4.90 Å². The van der Waals surface area contributed by atoms with Crippen LogP contribution < -0.4 is 0 Å². The van der Waals surface area contributed by atoms with Gasteiger partial charge in [-0.05, 0) is 30.0 Å². The van der Waals surface area contributed by atoms with Crippen LogP contribution in [0.15, 0.2) is 57.9 Å². The molecule has 0 radical (unpaired) electrons. The van der Waals surface area contributed by atoms with Crippen molar-refractivity contribution >= 4 is 32.8 Å². The van der Waals surface area contributed by atoms with Crippen LogP contribution >= 0.6 is 27.7 Å². The van der Waals surface area contributed by atoms with E-state index in [4.69, 9.17) is 0 Å². The number of halogens is 2. The van der Waals surface area contributed by atoms with Gasteiger partial charge in [-0.2, -0.15) is 0 Å². The number of thioether (sulfide) groups is 1. The summed E-state index contributed by atoms with van der Waals surface area (Å²) in [6, 6.07) is 13.3. The Morgan fingerprint density at radius 1 is 1.12 bits per heavy atom. The third-order valence-corrected chi connectivity index (χ3v) is 3.41. The molecule has 0 atom stereocenters. The van der Waals surface area contributed by atoms with Crippen molar-refractivity contribution in [3.05, 3.63) is 64.4 Å². The lowest BCUT2D eigenvalue weighted by atomic mass is 10.2. The second kappa shape index (κ2) is 5.47. The standard InChI is InChI=1S/C13H8BrFOS/c14-10-6-11(15)8-12(7-10)17-13(16)9-4-2-1-3-5-9/h1-8H. The number of carbonyl (C=O) groups is 1. The zero-order valence-corrected chi connectivity index (χ0v) is 11.1. The van der Waals surface area contributed by atoms with E-state index < -0.39 is 0 Å². The molecule has 0 aliphatic rings. The van der Waals surface area contributed by atoms with Gasteiger partial charge < -0.3 is 0 Å². The molecule has 0 unspecified atom stereocenters. The monoisotopic (exact) mass is 310 g/mol. The number of rotatable bonds is 2. The molecule has 2 rings (SSSR count). The summed E-state index contributed by atoms with van der Waals surface area (Å²) in [4.78, 5) is 12.5. The second-order valence-corrected chi connectivity index (χ2v) is 5.32. The normalized spacial score (nSPS) is 10.2. The first-order valence-electron chi connectivity index (χ1n) is 4.88. The number of hydrogen-bond donors (Lipinski definition) is 0. The molecule has 0 fully saturated rings. The molecule has 2 aromatic rings. The van der Waals surface area contributed by atoms with E-state index in [1.807, 2.05) is 6.07 Å². The Morgan fingerprint density at radius 2 is 1.82 bits per heavy atom. The predicted octanol–water partition coefficient (Wildman–Crippen LogP) is 4.52. The van der Waals surface area contributed by atoms with Gasteiger partial charge in [-0.3, -0.25) is 4.79 Å². The largest absolute Gasteiger partial charge is 0.281 e. The fraction of sp³-hybridized carbons (Fsp3) is 0. The molecule has 4 heteroatoms. The molecule has 0 spiro atoms. The van der Waals surface area contributed by atoms with E-state index in [1.54, 1.807) is 30.3 Å². The van der Waals surface area contributed by atoms with Crippen LogP contribution in [0.5, 0.6) is 0 Å². The van der Waals surface area contributed by atoms with E-state index in [0.717, 1.165) is 11.8 Å². The Labute approximate surface area is 111 Å². The maximum Gasteiger partial charge on any atom is 0.224 e. The van der Waals surface area contributed by atoms with Gasteiger partial charge in [0, 0.05) is 14.9 Å². The zero-order valence-electron chi connectivity index (χ0n) is 8.69. The summed E-state index contributed by atoms with van der Waals surface area (Å²) >= 11 is 4.21. The van der Waals surface area contributed by atoms with E-state index >= 15 is 0 Å². The third-order valence-electron chi connectivity index (χ3n) is 2.06. The highest BCUT2D eigenvalue weighted by atomic mass is 79.9. The molecule has 2 aromatic carbocycles. The van der Waals surface area contributed by atoms with Gasteiger partial charge in [0.1, 0.15) is 5.82 Å². The Hall–Kier alpha value is -1.13. The topological polar surface area (TPSA) is 17.1 Å². The average Bonchev–Trinajstić information content (AvgIpc) is 2.28. The first-order chi connectivity index (χ1) is 8.15. The van der Waals surface area contributed by atoms with Gasteiger partial charge in [-0.25, -0.2) is 4.39 Å². The number of carbonyl (C=O) groups excluding carboxylic acids is 1. The van der Waals surface area contributed by atoms with Crippen molar-refractivity contribution in [3.63, 3.8) is 0 Å². The molecular weight excluding hydrogens is 303 g/mol. The highest BCUT2D eigenvalue weighted by molar-refractivity contribution is 9.10. The molecule has 0 aromatic heterocycles. The van der Waals surface area contributed by atoms with Crippen LogP contribution in [0.2, 0.25) is 0 Å². The van der Waals surface area contributed by atoms with Crippen molar-refractivity contribution in [2.75, 3.05) is 0 Å². The third kappa shape index (κ3) is 3.41. The molecule has 0 heterocycles. The van der Waals surface area contributed by atoms with E-state index in [0.29, 0.717) is 14.9 Å². The number of benzene rings is 2. The minimum atomic E-state index is -0.359. The van der Waals surface area contributed by atoms with Crippen LogP contribution in [-0.2, 0) is 0 Å². The van der Waals surface area contributed by atoms with Crippen molar-refractivity contribution in [3.8, 4) is 0 Å². The zero-order chi connectivity index (χ0) is 12.3. The van der Waals surface area contributed by atoms with Gasteiger partial charge in [-0.1, -0.05) is 46.3 Å². The Bertz CT molecular complexity index is 522. The highest BCUT2D eigenvalue weighted by Gasteiger charge is 2.08. The van der Waals surface area contributed by atoms with Crippen LogP contribution in [0.3, 0.4) is 0 Å². The molecule has 1 nitrogen and oxygen atoms in total. The quantitative estimate of drug-likeness (QED) is 0.759. The smallest absolute Gasteiger partial charge is 0.224 e. The Morgan fingerprint density at radius 3 is 2.47 bits per heavy atom. The Balaban J connectivity index is 2.19. The van der Waals surface area contributed by atoms with E-state index in [9.17, 15) is 9.18 Å². The summed E-state index contributed by atoms with van der Waals surface area (Å²) in [5.74, 6) is -0.359. The molecule has 0 aliphatic carbocycles. The van der Waals surface area contributed by atoms with Gasteiger partial charge in [0.15, 0.2) is 0 Å². The second-order valence-electron chi connectivity index (χ2n) is 3.36. The lowest BCUT2D eigenvalue weighted by Gasteiger charge is -2.02. The summed E-state index contributed by atoms with van der Waals surface area (Å²) in [5, 5.41) is -0.0944. The summed E-state index contributed by atoms with van der Waals surface area (Å²) in [5.41, 5.74) is 0.609. The first-order valence-corrected chi connectivity index (χ1v) is 6.49. The molecule has 0 bridgehead atoms. The van der Waals surface area contributed by atoms with Gasteiger partial charge in [0.25, 0.3) is 0 Å². The van der Waals surface area contributed by atoms with Crippen LogP contribution in [0, 0.1) is 5.82 Å². The maximum atomic E-state index is 13.1. The van der Waals surface area contributed by atoms with E-state index in [-0.39, 0.29) is 10.9 Å². The number of hydrogen-bond acceptors (Lipinski definition) is 2. The van der Waals surface area contributed by atoms with Crippen LogP contribution in [0.4, 0.5) is 4.39 Å². The minimum Gasteiger partial charge on any atom is -0.281 e. The van der Waals surface area contributed by atoms with Gasteiger partial charge in [0.2, 0.25) is 5.12 Å². The first kappa shape index (κ1) is 12.3. The van der Waals surface area contributed by atoms with Crippen LogP contribution in [0.1, 0.15) is 10.4 Å². The molecule has 17 heavy (non-hydrogen) atoms. The van der Waals surface area contributed by atoms with Gasteiger partial charge in [0.05, 0.1) is 0 Å². The van der Waals surface area contributed by atoms with Crippen molar-refractivity contribution < 1.29 is 9.18 Å². The summed E-state index contributed by atoms with van der Waals surface area (Å²) in [7, 11) is 0. The van der Waals surface area contributed by atoms with Crippen molar-refractivity contribution in [1.82, 2.24) is 0 Å². The maximum absolute atomic E-state index is 13.1. The van der Waals surface area contributed by atoms with Gasteiger partial charge in [-0.15, -0.1) is 0 Å². The predicted molar refractivity (Wildman–Crippen MR) is 70.7 cm³/mol. The lowest BCUT2D eigenvalue weighted by Crippen LogP contribution is -1.92. The highest BCUT2D eigenvalue weighted by Crippen LogP contribution is 2.26. The van der Waals surface area contributed by atoms with Crippen LogP contribution in [-0.4, -0.2) is 5.12 Å². The molecule has 0 saturated heterocycles. The van der Waals surface area contributed by atoms with Gasteiger partial charge >= 0.3 is 0 Å². The van der Waals surface area contributed by atoms with E-state index in [2.05, 4.69) is 15.9 Å².